The van der Waals surface area contributed by atoms with Crippen molar-refractivity contribution in [2.45, 2.75) is 25.7 Å². The van der Waals surface area contributed by atoms with Crippen molar-refractivity contribution >= 4 is 21.7 Å². The number of hydrogen-bond donors (Lipinski definition) is 1. The molecular weight excluding hydrogens is 294 g/mol. The number of furan rings is 1. The Bertz CT molecular complexity index is 562. The molecule has 18 heavy (non-hydrogen) atoms. The molecular formula is C13H14BrN3O. The van der Waals surface area contributed by atoms with Gasteiger partial charge in [-0.2, -0.15) is 0 Å². The summed E-state index contributed by atoms with van der Waals surface area (Å²) in [5.74, 6) is 2.27. The second-order valence-corrected chi connectivity index (χ2v) is 5.23. The smallest absolute Gasteiger partial charge is 0.199 e. The van der Waals surface area contributed by atoms with Gasteiger partial charge in [-0.1, -0.05) is 0 Å². The lowest BCUT2D eigenvalue weighted by molar-refractivity contribution is 0.573. The van der Waals surface area contributed by atoms with Gasteiger partial charge in [0.1, 0.15) is 5.82 Å². The fourth-order valence-electron chi connectivity index (χ4n) is 2.36. The van der Waals surface area contributed by atoms with Gasteiger partial charge in [0.05, 0.1) is 10.7 Å². The zero-order valence-electron chi connectivity index (χ0n) is 10.2. The van der Waals surface area contributed by atoms with Crippen LogP contribution in [0.5, 0.6) is 0 Å². The molecule has 1 aliphatic rings. The van der Waals surface area contributed by atoms with Crippen molar-refractivity contribution in [3.05, 3.63) is 28.1 Å². The Balaban J connectivity index is 2.14. The molecule has 2 aromatic rings. The number of nitrogens with one attached hydrogen (secondary N) is 1. The molecule has 0 spiro atoms. The van der Waals surface area contributed by atoms with Gasteiger partial charge >= 0.3 is 0 Å². The molecule has 0 saturated heterocycles. The first-order chi connectivity index (χ1) is 8.79. The fraction of sp³-hybridized carbons (Fsp3) is 0.385. The molecule has 4 nitrogen and oxygen atoms in total. The summed E-state index contributed by atoms with van der Waals surface area (Å²) < 4.78 is 6.33. The summed E-state index contributed by atoms with van der Waals surface area (Å²) in [6.07, 6.45) is 6.14. The Kier molecular flexibility index (Phi) is 3.07. The van der Waals surface area contributed by atoms with Gasteiger partial charge < -0.3 is 9.73 Å². The van der Waals surface area contributed by atoms with Crippen LogP contribution < -0.4 is 5.32 Å². The summed E-state index contributed by atoms with van der Waals surface area (Å²) in [5, 5.41) is 3.17. The van der Waals surface area contributed by atoms with E-state index in [1.165, 1.54) is 18.4 Å². The summed E-state index contributed by atoms with van der Waals surface area (Å²) in [7, 11) is 1.90. The molecule has 94 valence electrons. The third kappa shape index (κ3) is 1.92. The minimum absolute atomic E-state index is 0.650. The lowest BCUT2D eigenvalue weighted by atomic mass is 9.96. The maximum Gasteiger partial charge on any atom is 0.199 e. The van der Waals surface area contributed by atoms with Crippen molar-refractivity contribution in [1.82, 2.24) is 9.97 Å². The van der Waals surface area contributed by atoms with Crippen molar-refractivity contribution in [1.29, 1.82) is 0 Å². The van der Waals surface area contributed by atoms with Crippen molar-refractivity contribution in [2.75, 3.05) is 12.4 Å². The molecule has 0 fully saturated rings. The van der Waals surface area contributed by atoms with Gasteiger partial charge in [0, 0.05) is 18.3 Å². The molecule has 1 aliphatic carbocycles. The van der Waals surface area contributed by atoms with E-state index in [1.807, 2.05) is 13.1 Å². The highest BCUT2D eigenvalue weighted by Gasteiger charge is 2.19. The first-order valence-electron chi connectivity index (χ1n) is 6.10. The van der Waals surface area contributed by atoms with Crippen LogP contribution in [0.1, 0.15) is 24.1 Å². The van der Waals surface area contributed by atoms with Crippen LogP contribution in [0.25, 0.3) is 11.6 Å². The van der Waals surface area contributed by atoms with Gasteiger partial charge in [0.2, 0.25) is 0 Å². The predicted molar refractivity (Wildman–Crippen MR) is 73.6 cm³/mol. The molecule has 2 heterocycles. The highest BCUT2D eigenvalue weighted by molar-refractivity contribution is 9.10. The molecule has 2 aromatic heterocycles. The first-order valence-corrected chi connectivity index (χ1v) is 6.90. The third-order valence-corrected chi connectivity index (χ3v) is 3.86. The maximum absolute atomic E-state index is 5.44. The van der Waals surface area contributed by atoms with E-state index in [1.54, 1.807) is 6.26 Å². The number of aryl methyl sites for hydroxylation is 1. The van der Waals surface area contributed by atoms with Crippen molar-refractivity contribution < 1.29 is 4.42 Å². The van der Waals surface area contributed by atoms with Crippen LogP contribution in [0.4, 0.5) is 5.82 Å². The quantitative estimate of drug-likeness (QED) is 0.923. The van der Waals surface area contributed by atoms with Gasteiger partial charge in [-0.25, -0.2) is 9.97 Å². The largest absolute Gasteiger partial charge is 0.460 e. The van der Waals surface area contributed by atoms with Crippen LogP contribution in [0, 0.1) is 0 Å². The van der Waals surface area contributed by atoms with Crippen LogP contribution in [0.15, 0.2) is 21.2 Å². The minimum Gasteiger partial charge on any atom is -0.460 e. The van der Waals surface area contributed by atoms with Gasteiger partial charge in [-0.3, -0.25) is 0 Å². The Morgan fingerprint density at radius 2 is 2.11 bits per heavy atom. The van der Waals surface area contributed by atoms with Gasteiger partial charge in [-0.15, -0.1) is 0 Å². The molecule has 5 heteroatoms. The summed E-state index contributed by atoms with van der Waals surface area (Å²) in [5.41, 5.74) is 2.41. The van der Waals surface area contributed by atoms with Gasteiger partial charge in [-0.05, 0) is 47.7 Å². The molecule has 0 aromatic carbocycles. The third-order valence-electron chi connectivity index (χ3n) is 3.24. The van der Waals surface area contributed by atoms with Crippen LogP contribution >= 0.6 is 15.9 Å². The van der Waals surface area contributed by atoms with Crippen molar-refractivity contribution in [3.8, 4) is 11.6 Å². The van der Waals surface area contributed by atoms with E-state index in [2.05, 4.69) is 31.2 Å². The molecule has 0 unspecified atom stereocenters. The lowest BCUT2D eigenvalue weighted by Crippen LogP contribution is -2.11. The van der Waals surface area contributed by atoms with Gasteiger partial charge in [0.25, 0.3) is 0 Å². The lowest BCUT2D eigenvalue weighted by Gasteiger charge is -2.18. The van der Waals surface area contributed by atoms with Crippen molar-refractivity contribution in [3.63, 3.8) is 0 Å². The fourth-order valence-corrected chi connectivity index (χ4v) is 2.73. The molecule has 0 amide bonds. The van der Waals surface area contributed by atoms with E-state index in [0.717, 1.165) is 28.8 Å². The van der Waals surface area contributed by atoms with Gasteiger partial charge in [0.15, 0.2) is 11.6 Å². The number of rotatable bonds is 2. The van der Waals surface area contributed by atoms with Crippen LogP contribution in [0.3, 0.4) is 0 Å². The van der Waals surface area contributed by atoms with Crippen LogP contribution in [-0.2, 0) is 12.8 Å². The molecule has 0 bridgehead atoms. The van der Waals surface area contributed by atoms with Crippen LogP contribution in [-0.4, -0.2) is 17.0 Å². The van der Waals surface area contributed by atoms with Crippen molar-refractivity contribution in [2.24, 2.45) is 0 Å². The SMILES string of the molecule is CNc1nc(-c2occc2Br)nc2c1CCCC2. The van der Waals surface area contributed by atoms with Crippen LogP contribution in [0.2, 0.25) is 0 Å². The second-order valence-electron chi connectivity index (χ2n) is 4.38. The zero-order chi connectivity index (χ0) is 12.5. The number of nitrogens with zero attached hydrogens (tertiary/aromatic N) is 2. The average molecular weight is 308 g/mol. The number of fused-ring (bicyclic) bond motifs is 1. The Hall–Kier alpha value is -1.36. The first kappa shape index (κ1) is 11.7. The van der Waals surface area contributed by atoms with E-state index in [9.17, 15) is 0 Å². The predicted octanol–water partition coefficient (Wildman–Crippen LogP) is 3.42. The normalized spacial score (nSPS) is 14.3. The monoisotopic (exact) mass is 307 g/mol. The Morgan fingerprint density at radius 1 is 1.28 bits per heavy atom. The molecule has 0 aliphatic heterocycles. The zero-order valence-corrected chi connectivity index (χ0v) is 11.7. The van der Waals surface area contributed by atoms with E-state index >= 15 is 0 Å². The number of halogens is 1. The van der Waals surface area contributed by atoms with E-state index in [0.29, 0.717) is 11.6 Å². The summed E-state index contributed by atoms with van der Waals surface area (Å²) in [4.78, 5) is 9.21. The number of aromatic nitrogens is 2. The molecule has 0 radical (unpaired) electrons. The van der Waals surface area contributed by atoms with E-state index < -0.39 is 0 Å². The Labute approximate surface area is 114 Å². The second kappa shape index (κ2) is 4.72. The Morgan fingerprint density at radius 3 is 2.83 bits per heavy atom. The molecule has 0 atom stereocenters. The molecule has 3 rings (SSSR count). The molecule has 0 saturated carbocycles. The topological polar surface area (TPSA) is 51.0 Å². The summed E-state index contributed by atoms with van der Waals surface area (Å²) in [6, 6.07) is 1.86. The van der Waals surface area contributed by atoms with E-state index in [-0.39, 0.29) is 0 Å². The molecule has 1 N–H and O–H groups in total. The number of hydrogen-bond acceptors (Lipinski definition) is 4. The number of anilines is 1. The summed E-state index contributed by atoms with van der Waals surface area (Å²) in [6.45, 7) is 0. The van der Waals surface area contributed by atoms with E-state index in [4.69, 9.17) is 4.42 Å². The summed E-state index contributed by atoms with van der Waals surface area (Å²) >= 11 is 3.45. The highest BCUT2D eigenvalue weighted by atomic mass is 79.9. The standard InChI is InChI=1S/C13H14BrN3O/c1-15-12-8-4-2-3-5-10(8)16-13(17-12)11-9(14)6-7-18-11/h6-7H,2-5H2,1H3,(H,15,16,17). The maximum atomic E-state index is 5.44. The minimum atomic E-state index is 0.650. The highest BCUT2D eigenvalue weighted by Crippen LogP contribution is 2.31. The average Bonchev–Trinajstić information content (AvgIpc) is 2.83.